The lowest BCUT2D eigenvalue weighted by Crippen LogP contribution is -2.37. The molecule has 4 heteroatoms. The van der Waals surface area contributed by atoms with Gasteiger partial charge in [0.2, 0.25) is 0 Å². The second-order valence-electron chi connectivity index (χ2n) is 11.1. The number of hydrogen-bond donors (Lipinski definition) is 0. The summed E-state index contributed by atoms with van der Waals surface area (Å²) in [6, 6.07) is 58.3. The highest BCUT2D eigenvalue weighted by Gasteiger charge is 2.57. The summed E-state index contributed by atoms with van der Waals surface area (Å²) in [7, 11) is -2.00. The molecule has 0 saturated carbocycles. The van der Waals surface area contributed by atoms with E-state index in [0.717, 1.165) is 17.9 Å². The van der Waals surface area contributed by atoms with E-state index in [1.807, 2.05) is 0 Å². The third-order valence-electron chi connectivity index (χ3n) is 8.56. The van der Waals surface area contributed by atoms with Gasteiger partial charge in [0, 0.05) is 17.5 Å². The number of hydrogen-bond acceptors (Lipinski definition) is 2. The zero-order valence-corrected chi connectivity index (χ0v) is 26.1. The summed E-state index contributed by atoms with van der Waals surface area (Å²) in [5.74, 6) is 1.91. The average Bonchev–Trinajstić information content (AvgIpc) is 3.43. The lowest BCUT2D eigenvalue weighted by Gasteiger charge is -2.47. The first-order chi connectivity index (χ1) is 21.9. The van der Waals surface area contributed by atoms with Crippen LogP contribution in [0.2, 0.25) is 0 Å². The van der Waals surface area contributed by atoms with E-state index in [1.54, 1.807) is 0 Å². The minimum absolute atomic E-state index is 0.418. The van der Waals surface area contributed by atoms with Crippen LogP contribution in [0.25, 0.3) is 11.1 Å². The molecule has 0 unspecified atom stereocenters. The van der Waals surface area contributed by atoms with Crippen molar-refractivity contribution in [1.82, 2.24) is 0 Å². The summed E-state index contributed by atoms with van der Waals surface area (Å²) in [5, 5.41) is 5.43. The molecule has 44 heavy (non-hydrogen) atoms. The second-order valence-corrected chi connectivity index (χ2v) is 16.2. The highest BCUT2D eigenvalue weighted by Crippen LogP contribution is 2.79. The van der Waals surface area contributed by atoms with Crippen molar-refractivity contribution >= 4 is 37.1 Å². The average molecular weight is 607 g/mol. The predicted molar refractivity (Wildman–Crippen MR) is 186 cm³/mol. The van der Waals surface area contributed by atoms with E-state index in [1.165, 1.54) is 43.5 Å². The van der Waals surface area contributed by atoms with Crippen molar-refractivity contribution in [3.8, 4) is 22.6 Å². The van der Waals surface area contributed by atoms with E-state index in [4.69, 9.17) is 9.47 Å². The van der Waals surface area contributed by atoms with Gasteiger partial charge in [0.05, 0.1) is 18.1 Å². The van der Waals surface area contributed by atoms with E-state index < -0.39 is 20.7 Å². The van der Waals surface area contributed by atoms with E-state index in [-0.39, 0.29) is 0 Å². The molecule has 0 bridgehead atoms. The molecule has 0 atom stereocenters. The fraction of sp³-hybridized carbons (Fsp3) is 0.100. The molecule has 0 amide bonds. The molecule has 1 aliphatic carbocycles. The van der Waals surface area contributed by atoms with Gasteiger partial charge in [-0.3, -0.25) is 0 Å². The van der Waals surface area contributed by atoms with Gasteiger partial charge in [0.15, 0.2) is 0 Å². The molecular weight excluding hydrogens is 574 g/mol. The smallest absolute Gasteiger partial charge is 0.127 e. The van der Waals surface area contributed by atoms with Gasteiger partial charge in [-0.15, -0.1) is 0 Å². The van der Waals surface area contributed by atoms with Gasteiger partial charge < -0.3 is 9.47 Å². The maximum Gasteiger partial charge on any atom is 0.127 e. The molecule has 0 spiro atoms. The maximum absolute atomic E-state index is 6.59. The molecular formula is C40H32O2P2. The molecule has 1 heterocycles. The molecule has 0 N–H and O–H groups in total. The highest BCUT2D eigenvalue weighted by atomic mass is 31.2. The minimum atomic E-state index is -0.999. The maximum atomic E-state index is 6.59. The van der Waals surface area contributed by atoms with Gasteiger partial charge in [0.1, 0.15) is 11.5 Å². The Morgan fingerprint density at radius 2 is 0.727 bits per heavy atom. The predicted octanol–water partition coefficient (Wildman–Crippen LogP) is 8.30. The Morgan fingerprint density at radius 3 is 1.07 bits per heavy atom. The first kappa shape index (κ1) is 27.3. The standard InChI is InChI=1S/C40H32O2P2/c1-5-16-30(17-6-1)43(31-18-7-2-8-19-31)40(44(32-20-9-3-10-21-32)33-22-11-4-12-23-33)34-24-13-26-36-38(34)39-35(40)25-14-27-37(39)42-29-15-28-41-36/h1-14,16-27H,15,28-29H2. The third-order valence-corrected chi connectivity index (χ3v) is 15.3. The molecule has 6 aromatic rings. The molecule has 0 fully saturated rings. The molecule has 0 saturated heterocycles. The van der Waals surface area contributed by atoms with Crippen LogP contribution < -0.4 is 30.7 Å². The molecule has 1 aliphatic heterocycles. The fourth-order valence-corrected chi connectivity index (χ4v) is 14.8. The Morgan fingerprint density at radius 1 is 0.386 bits per heavy atom. The molecule has 6 aromatic carbocycles. The molecule has 0 aromatic heterocycles. The zero-order chi connectivity index (χ0) is 29.3. The van der Waals surface area contributed by atoms with Gasteiger partial charge in [-0.25, -0.2) is 0 Å². The van der Waals surface area contributed by atoms with Crippen molar-refractivity contribution in [3.05, 3.63) is 169 Å². The molecule has 2 aliphatic rings. The lowest BCUT2D eigenvalue weighted by molar-refractivity contribution is 0.252. The summed E-state index contributed by atoms with van der Waals surface area (Å²) < 4.78 is 13.2. The summed E-state index contributed by atoms with van der Waals surface area (Å²) in [6.45, 7) is 1.26. The van der Waals surface area contributed by atoms with Gasteiger partial charge in [0.25, 0.3) is 0 Å². The van der Waals surface area contributed by atoms with Crippen molar-refractivity contribution in [2.45, 2.75) is 11.3 Å². The third kappa shape index (κ3) is 4.40. The van der Waals surface area contributed by atoms with Gasteiger partial charge in [-0.1, -0.05) is 146 Å². The van der Waals surface area contributed by atoms with Gasteiger partial charge in [-0.05, 0) is 60.3 Å². The molecule has 214 valence electrons. The van der Waals surface area contributed by atoms with Crippen LogP contribution in [0.15, 0.2) is 158 Å². The van der Waals surface area contributed by atoms with Crippen LogP contribution in [-0.2, 0) is 4.90 Å². The van der Waals surface area contributed by atoms with Crippen molar-refractivity contribution in [2.24, 2.45) is 0 Å². The number of rotatable bonds is 6. The Bertz CT molecular complexity index is 1670. The summed E-state index contributed by atoms with van der Waals surface area (Å²) in [4.78, 5) is -0.418. The SMILES string of the molecule is c1ccc(P(c2ccccc2)C2(P(c3ccccc3)c3ccccc3)c3cccc4c3-c3c(cccc32)OCCCO4)cc1. The van der Waals surface area contributed by atoms with Crippen LogP contribution in [0.4, 0.5) is 0 Å². The second kappa shape index (κ2) is 11.7. The Labute approximate surface area is 261 Å². The summed E-state index contributed by atoms with van der Waals surface area (Å²) in [6.07, 6.45) is 0.847. The first-order valence-corrected chi connectivity index (χ1v) is 17.9. The van der Waals surface area contributed by atoms with E-state index in [9.17, 15) is 0 Å². The van der Waals surface area contributed by atoms with Gasteiger partial charge >= 0.3 is 0 Å². The molecule has 8 rings (SSSR count). The number of ether oxygens (including phenoxy) is 2. The molecule has 0 radical (unpaired) electrons. The Kier molecular flexibility index (Phi) is 7.27. The van der Waals surface area contributed by atoms with Crippen molar-refractivity contribution in [1.29, 1.82) is 0 Å². The quantitative estimate of drug-likeness (QED) is 0.178. The zero-order valence-electron chi connectivity index (χ0n) is 24.3. The van der Waals surface area contributed by atoms with Crippen molar-refractivity contribution in [3.63, 3.8) is 0 Å². The van der Waals surface area contributed by atoms with Crippen LogP contribution >= 0.6 is 15.8 Å². The van der Waals surface area contributed by atoms with Crippen molar-refractivity contribution < 1.29 is 9.47 Å². The van der Waals surface area contributed by atoms with E-state index >= 15 is 0 Å². The topological polar surface area (TPSA) is 18.5 Å². The van der Waals surface area contributed by atoms with E-state index in [0.29, 0.717) is 13.2 Å². The largest absolute Gasteiger partial charge is 0.493 e. The van der Waals surface area contributed by atoms with E-state index in [2.05, 4.69) is 158 Å². The van der Waals surface area contributed by atoms with Crippen LogP contribution in [0, 0.1) is 0 Å². The fourth-order valence-electron chi connectivity index (χ4n) is 6.90. The Balaban J connectivity index is 1.59. The highest BCUT2D eigenvalue weighted by molar-refractivity contribution is 7.90. The summed E-state index contributed by atoms with van der Waals surface area (Å²) >= 11 is 0. The van der Waals surface area contributed by atoms with Crippen LogP contribution in [0.5, 0.6) is 11.5 Å². The lowest BCUT2D eigenvalue weighted by atomic mass is 10.0. The van der Waals surface area contributed by atoms with Crippen LogP contribution in [-0.4, -0.2) is 13.2 Å². The van der Waals surface area contributed by atoms with Crippen LogP contribution in [0.1, 0.15) is 17.5 Å². The molecule has 2 nitrogen and oxygen atoms in total. The minimum Gasteiger partial charge on any atom is -0.493 e. The first-order valence-electron chi connectivity index (χ1n) is 15.2. The normalized spacial score (nSPS) is 14.6. The van der Waals surface area contributed by atoms with Crippen LogP contribution in [0.3, 0.4) is 0 Å². The van der Waals surface area contributed by atoms with Crippen molar-refractivity contribution in [2.75, 3.05) is 13.2 Å². The number of benzene rings is 6. The summed E-state index contributed by atoms with van der Waals surface area (Å²) in [5.41, 5.74) is 5.05. The van der Waals surface area contributed by atoms with Gasteiger partial charge in [-0.2, -0.15) is 0 Å². The monoisotopic (exact) mass is 606 g/mol. The Hall–Kier alpha value is -4.22.